The summed E-state index contributed by atoms with van der Waals surface area (Å²) in [7, 11) is 0. The molecule has 7 nitrogen and oxygen atoms in total. The maximum absolute atomic E-state index is 12.2. The van der Waals surface area contributed by atoms with Crippen LogP contribution in [0.3, 0.4) is 0 Å². The van der Waals surface area contributed by atoms with Gasteiger partial charge in [-0.15, -0.1) is 10.2 Å². The normalized spacial score (nSPS) is 16.6. The molecule has 8 heteroatoms. The van der Waals surface area contributed by atoms with E-state index in [1.807, 2.05) is 19.1 Å². The molecular weight excluding hydrogens is 328 g/mol. The summed E-state index contributed by atoms with van der Waals surface area (Å²) in [6.07, 6.45) is 3.83. The third kappa shape index (κ3) is 2.43. The van der Waals surface area contributed by atoms with Gasteiger partial charge in [-0.2, -0.15) is 9.78 Å². The van der Waals surface area contributed by atoms with E-state index in [0.29, 0.717) is 23.2 Å². The topological polar surface area (TPSA) is 85.6 Å². The molecule has 0 spiro atoms. The number of fused-ring (bicyclic) bond motifs is 1. The molecule has 0 fully saturated rings. The molecule has 4 rings (SSSR count). The molecular formula is C16H13ClN6O. The summed E-state index contributed by atoms with van der Waals surface area (Å²) < 4.78 is 1.60. The van der Waals surface area contributed by atoms with E-state index in [1.165, 1.54) is 0 Å². The van der Waals surface area contributed by atoms with E-state index in [1.54, 1.807) is 29.2 Å². The quantitative estimate of drug-likeness (QED) is 0.774. The van der Waals surface area contributed by atoms with E-state index in [-0.39, 0.29) is 11.8 Å². The van der Waals surface area contributed by atoms with Crippen molar-refractivity contribution >= 4 is 23.3 Å². The van der Waals surface area contributed by atoms with Crippen LogP contribution < -0.4 is 5.32 Å². The number of aryl methyl sites for hydroxylation is 1. The summed E-state index contributed by atoms with van der Waals surface area (Å²) in [5.41, 5.74) is 2.85. The summed E-state index contributed by atoms with van der Waals surface area (Å²) in [6, 6.07) is 7.19. The first kappa shape index (κ1) is 14.8. The molecule has 1 aliphatic heterocycles. The highest BCUT2D eigenvalue weighted by molar-refractivity contribution is 6.29. The maximum Gasteiger partial charge on any atom is 0.226 e. The summed E-state index contributed by atoms with van der Waals surface area (Å²) in [5.74, 6) is 1.000. The Balaban J connectivity index is 1.87. The van der Waals surface area contributed by atoms with Crippen LogP contribution in [0.15, 0.2) is 36.7 Å². The number of nitrogens with one attached hydrogen (secondary N) is 1. The third-order valence-electron chi connectivity index (χ3n) is 4.05. The predicted molar refractivity (Wildman–Crippen MR) is 88.2 cm³/mol. The maximum atomic E-state index is 12.2. The number of anilines is 1. The van der Waals surface area contributed by atoms with Gasteiger partial charge < -0.3 is 5.32 Å². The van der Waals surface area contributed by atoms with Gasteiger partial charge in [0.25, 0.3) is 0 Å². The van der Waals surface area contributed by atoms with Crippen LogP contribution in [0.2, 0.25) is 5.15 Å². The molecule has 1 N–H and O–H groups in total. The molecule has 0 unspecified atom stereocenters. The molecule has 120 valence electrons. The van der Waals surface area contributed by atoms with Crippen LogP contribution in [0.5, 0.6) is 0 Å². The van der Waals surface area contributed by atoms with Gasteiger partial charge in [0, 0.05) is 30.3 Å². The third-order valence-corrected chi connectivity index (χ3v) is 4.25. The smallest absolute Gasteiger partial charge is 0.226 e. The zero-order valence-electron chi connectivity index (χ0n) is 12.8. The number of halogens is 1. The van der Waals surface area contributed by atoms with E-state index < -0.39 is 0 Å². The van der Waals surface area contributed by atoms with Crippen LogP contribution in [0.1, 0.15) is 29.2 Å². The second kappa shape index (κ2) is 5.68. The number of rotatable bonds is 2. The number of carbonyl (C=O) groups excluding carboxylic acids is 1. The van der Waals surface area contributed by atoms with Crippen LogP contribution in [-0.4, -0.2) is 30.9 Å². The van der Waals surface area contributed by atoms with Gasteiger partial charge in [0.05, 0.1) is 5.69 Å². The van der Waals surface area contributed by atoms with Crippen LogP contribution in [0, 0.1) is 6.92 Å². The van der Waals surface area contributed by atoms with E-state index in [2.05, 4.69) is 25.6 Å². The number of pyridine rings is 1. The fourth-order valence-corrected chi connectivity index (χ4v) is 3.12. The molecule has 1 amide bonds. The number of aromatic nitrogens is 5. The van der Waals surface area contributed by atoms with Gasteiger partial charge in [-0.05, 0) is 36.8 Å². The minimum atomic E-state index is -0.0641. The molecule has 3 aromatic heterocycles. The fraction of sp³-hybridized carbons (Fsp3) is 0.188. The van der Waals surface area contributed by atoms with Gasteiger partial charge in [-0.25, -0.2) is 0 Å². The highest BCUT2D eigenvalue weighted by Crippen LogP contribution is 2.39. The Labute approximate surface area is 142 Å². The summed E-state index contributed by atoms with van der Waals surface area (Å²) in [5, 5.41) is 15.6. The molecule has 3 aromatic rings. The highest BCUT2D eigenvalue weighted by atomic mass is 35.5. The van der Waals surface area contributed by atoms with Gasteiger partial charge in [-0.1, -0.05) is 11.6 Å². The Bertz CT molecular complexity index is 906. The summed E-state index contributed by atoms with van der Waals surface area (Å²) in [4.78, 5) is 16.3. The first-order valence-electron chi connectivity index (χ1n) is 7.42. The van der Waals surface area contributed by atoms with Crippen LogP contribution in [0.4, 0.5) is 5.82 Å². The van der Waals surface area contributed by atoms with Crippen molar-refractivity contribution in [2.75, 3.05) is 5.32 Å². The van der Waals surface area contributed by atoms with Crippen molar-refractivity contribution in [2.24, 2.45) is 0 Å². The average molecular weight is 341 g/mol. The van der Waals surface area contributed by atoms with E-state index in [9.17, 15) is 4.79 Å². The van der Waals surface area contributed by atoms with Crippen molar-refractivity contribution in [1.82, 2.24) is 25.0 Å². The molecule has 0 aliphatic carbocycles. The lowest BCUT2D eigenvalue weighted by atomic mass is 9.86. The molecule has 1 atom stereocenters. The predicted octanol–water partition coefficient (Wildman–Crippen LogP) is 2.49. The van der Waals surface area contributed by atoms with E-state index >= 15 is 0 Å². The summed E-state index contributed by atoms with van der Waals surface area (Å²) >= 11 is 5.80. The molecule has 4 heterocycles. The first-order valence-corrected chi connectivity index (χ1v) is 7.80. The first-order chi connectivity index (χ1) is 11.6. The van der Waals surface area contributed by atoms with E-state index in [0.717, 1.165) is 16.8 Å². The van der Waals surface area contributed by atoms with Crippen LogP contribution >= 0.6 is 11.6 Å². The highest BCUT2D eigenvalue weighted by Gasteiger charge is 2.32. The van der Waals surface area contributed by atoms with Gasteiger partial charge in [0.1, 0.15) is 5.82 Å². The second-order valence-corrected chi connectivity index (χ2v) is 5.95. The minimum absolute atomic E-state index is 0.0626. The Hall–Kier alpha value is -2.80. The fourth-order valence-electron chi connectivity index (χ4n) is 3.02. The van der Waals surface area contributed by atoms with Crippen molar-refractivity contribution in [2.45, 2.75) is 19.3 Å². The van der Waals surface area contributed by atoms with Crippen molar-refractivity contribution < 1.29 is 4.79 Å². The van der Waals surface area contributed by atoms with Crippen molar-refractivity contribution in [3.8, 4) is 5.82 Å². The molecule has 0 aromatic carbocycles. The SMILES string of the molecule is Cc1nn(-c2ccc(Cl)nn2)c2c1[C@H](c1ccncc1)CC(=O)N2. The number of carbonyl (C=O) groups is 1. The standard InChI is InChI=1S/C16H13ClN6O/c1-9-15-11(10-4-6-18-7-5-10)8-14(24)19-16(15)23(22-9)13-3-2-12(17)20-21-13/h2-7,11H,8H2,1H3,(H,19,24)/t11-/m0/s1. The zero-order chi connectivity index (χ0) is 16.7. The Morgan fingerprint density at radius 3 is 2.71 bits per heavy atom. The lowest BCUT2D eigenvalue weighted by molar-refractivity contribution is -0.116. The van der Waals surface area contributed by atoms with Gasteiger partial charge >= 0.3 is 0 Å². The van der Waals surface area contributed by atoms with Gasteiger partial charge in [0.15, 0.2) is 11.0 Å². The second-order valence-electron chi connectivity index (χ2n) is 5.56. The van der Waals surface area contributed by atoms with Gasteiger partial charge in [-0.3, -0.25) is 9.78 Å². The average Bonchev–Trinajstić information content (AvgIpc) is 2.92. The molecule has 0 radical (unpaired) electrons. The molecule has 0 saturated carbocycles. The Morgan fingerprint density at radius 1 is 1.21 bits per heavy atom. The summed E-state index contributed by atoms with van der Waals surface area (Å²) in [6.45, 7) is 1.92. The van der Waals surface area contributed by atoms with Crippen LogP contribution in [0.25, 0.3) is 5.82 Å². The van der Waals surface area contributed by atoms with Crippen LogP contribution in [-0.2, 0) is 4.79 Å². The monoisotopic (exact) mass is 340 g/mol. The number of hydrogen-bond donors (Lipinski definition) is 1. The number of hydrogen-bond acceptors (Lipinski definition) is 5. The lowest BCUT2D eigenvalue weighted by Crippen LogP contribution is -2.25. The molecule has 1 aliphatic rings. The minimum Gasteiger partial charge on any atom is -0.310 e. The Morgan fingerprint density at radius 2 is 2.00 bits per heavy atom. The largest absolute Gasteiger partial charge is 0.310 e. The Kier molecular flexibility index (Phi) is 3.50. The van der Waals surface area contributed by atoms with E-state index in [4.69, 9.17) is 11.6 Å². The van der Waals surface area contributed by atoms with Crippen molar-refractivity contribution in [3.05, 3.63) is 58.6 Å². The van der Waals surface area contributed by atoms with Gasteiger partial charge in [0.2, 0.25) is 5.91 Å². The number of amides is 1. The van der Waals surface area contributed by atoms with Crippen molar-refractivity contribution in [1.29, 1.82) is 0 Å². The number of nitrogens with zero attached hydrogens (tertiary/aromatic N) is 5. The molecule has 0 bridgehead atoms. The zero-order valence-corrected chi connectivity index (χ0v) is 13.5. The lowest BCUT2D eigenvalue weighted by Gasteiger charge is -2.24. The van der Waals surface area contributed by atoms with Crippen molar-refractivity contribution in [3.63, 3.8) is 0 Å². The molecule has 24 heavy (non-hydrogen) atoms. The molecule has 0 saturated heterocycles.